The van der Waals surface area contributed by atoms with Crippen LogP contribution in [0.25, 0.3) is 0 Å². The van der Waals surface area contributed by atoms with Gasteiger partial charge in [-0.25, -0.2) is 0 Å². The topological polar surface area (TPSA) is 0 Å². The molecule has 0 amide bonds. The van der Waals surface area contributed by atoms with Crippen LogP contribution in [0.5, 0.6) is 0 Å². The zero-order valence-corrected chi connectivity index (χ0v) is 7.84. The SMILES string of the molecule is [H-].[Na+].[SiH3]CCl. The van der Waals surface area contributed by atoms with Crippen molar-refractivity contribution in [2.24, 2.45) is 0 Å². The molecule has 0 aliphatic rings. The van der Waals surface area contributed by atoms with E-state index in [2.05, 4.69) is 0 Å². The van der Waals surface area contributed by atoms with Gasteiger partial charge in [0.05, 0.1) is 0 Å². The average molecular weight is 105 g/mol. The van der Waals surface area contributed by atoms with E-state index in [9.17, 15) is 0 Å². The number of alkyl halides is 1. The smallest absolute Gasteiger partial charge is 1.00 e. The Labute approximate surface area is 58.1 Å². The summed E-state index contributed by atoms with van der Waals surface area (Å²) in [5.41, 5.74) is 0.861. The normalized spacial score (nSPS) is 5.25. The summed E-state index contributed by atoms with van der Waals surface area (Å²) in [5.74, 6) is 0. The fourth-order valence-electron chi connectivity index (χ4n) is 0. The van der Waals surface area contributed by atoms with Gasteiger partial charge < -0.3 is 1.43 Å². The molecule has 0 radical (unpaired) electrons. The molecule has 0 saturated heterocycles. The summed E-state index contributed by atoms with van der Waals surface area (Å²) in [4.78, 5) is 0. The zero-order valence-electron chi connectivity index (χ0n) is 4.09. The van der Waals surface area contributed by atoms with E-state index < -0.39 is 0 Å². The molecule has 0 aromatic carbocycles. The number of hydrogen-bond acceptors (Lipinski definition) is 0. The maximum atomic E-state index is 5.06. The van der Waals surface area contributed by atoms with Gasteiger partial charge >= 0.3 is 29.6 Å². The molecule has 0 aliphatic heterocycles. The van der Waals surface area contributed by atoms with E-state index in [1.807, 2.05) is 0 Å². The van der Waals surface area contributed by atoms with E-state index in [4.69, 9.17) is 11.6 Å². The van der Waals surface area contributed by atoms with Gasteiger partial charge in [-0.15, -0.1) is 11.6 Å². The summed E-state index contributed by atoms with van der Waals surface area (Å²) in [6, 6.07) is 0. The van der Waals surface area contributed by atoms with Crippen molar-refractivity contribution in [1.29, 1.82) is 0 Å². The summed E-state index contributed by atoms with van der Waals surface area (Å²) in [6.45, 7) is 0. The van der Waals surface area contributed by atoms with Crippen LogP contribution in [-0.4, -0.2) is 15.7 Å². The molecule has 0 heterocycles. The van der Waals surface area contributed by atoms with Crippen molar-refractivity contribution in [2.75, 3.05) is 5.50 Å². The van der Waals surface area contributed by atoms with Gasteiger partial charge in [0.2, 0.25) is 0 Å². The first-order valence-corrected chi connectivity index (χ1v) is 2.92. The maximum absolute atomic E-state index is 5.06. The van der Waals surface area contributed by atoms with Crippen LogP contribution in [0.3, 0.4) is 0 Å². The van der Waals surface area contributed by atoms with Crippen molar-refractivity contribution >= 4 is 21.8 Å². The summed E-state index contributed by atoms with van der Waals surface area (Å²) in [7, 11) is 1.13. The van der Waals surface area contributed by atoms with Gasteiger partial charge in [0.25, 0.3) is 0 Å². The summed E-state index contributed by atoms with van der Waals surface area (Å²) >= 11 is 5.06. The molecule has 0 aliphatic carbocycles. The van der Waals surface area contributed by atoms with Crippen LogP contribution in [0.4, 0.5) is 0 Å². The van der Waals surface area contributed by atoms with Gasteiger partial charge in [-0.1, -0.05) is 0 Å². The standard InChI is InChI=1S/CH5ClSi.Na.H/c2-1-3;;/h1H2,3H3;;/q;+1;-1. The van der Waals surface area contributed by atoms with Gasteiger partial charge in [0, 0.05) is 15.7 Å². The first-order chi connectivity index (χ1) is 1.41. The first-order valence-electron chi connectivity index (χ1n) is 0.974. The van der Waals surface area contributed by atoms with Crippen LogP contribution in [0, 0.1) is 0 Å². The molecular weight excluding hydrogens is 98.5 g/mol. The third kappa shape index (κ3) is 9.71. The minimum atomic E-state index is 0. The summed E-state index contributed by atoms with van der Waals surface area (Å²) < 4.78 is 0. The third-order valence-electron chi connectivity index (χ3n) is 0. The second-order valence-electron chi connectivity index (χ2n) is 0.267. The Morgan fingerprint density at radius 2 is 2.00 bits per heavy atom. The molecule has 0 atom stereocenters. The van der Waals surface area contributed by atoms with Crippen molar-refractivity contribution in [2.45, 2.75) is 0 Å². The first kappa shape index (κ1) is 9.10. The molecule has 0 aromatic heterocycles. The Morgan fingerprint density at radius 3 is 2.00 bits per heavy atom. The van der Waals surface area contributed by atoms with E-state index in [0.29, 0.717) is 0 Å². The Kier molecular flexibility index (Phi) is 20.1. The molecule has 0 aromatic rings. The zero-order chi connectivity index (χ0) is 2.71. The molecule has 0 unspecified atom stereocenters. The Balaban J connectivity index is -0.0000000200. The molecule has 0 saturated carbocycles. The second-order valence-corrected chi connectivity index (χ2v) is 2.41. The van der Waals surface area contributed by atoms with Crippen molar-refractivity contribution in [3.05, 3.63) is 0 Å². The van der Waals surface area contributed by atoms with Crippen molar-refractivity contribution in [3.8, 4) is 0 Å². The van der Waals surface area contributed by atoms with Crippen LogP contribution < -0.4 is 29.6 Å². The molecule has 0 nitrogen and oxygen atoms in total. The number of hydrogen-bond donors (Lipinski definition) is 0. The molecule has 22 valence electrons. The molecule has 0 bridgehead atoms. The largest absolute Gasteiger partial charge is 1.00 e. The van der Waals surface area contributed by atoms with Crippen molar-refractivity contribution in [3.63, 3.8) is 0 Å². The van der Waals surface area contributed by atoms with E-state index in [0.717, 1.165) is 15.7 Å². The molecule has 0 rings (SSSR count). The van der Waals surface area contributed by atoms with Crippen LogP contribution >= 0.6 is 11.6 Å². The molecule has 0 spiro atoms. The number of halogens is 1. The van der Waals surface area contributed by atoms with Crippen LogP contribution in [0.1, 0.15) is 1.43 Å². The van der Waals surface area contributed by atoms with Gasteiger partial charge in [-0.3, -0.25) is 0 Å². The second kappa shape index (κ2) is 8.82. The molecule has 4 heavy (non-hydrogen) atoms. The molecule has 0 fully saturated rings. The summed E-state index contributed by atoms with van der Waals surface area (Å²) in [5, 5.41) is 0. The van der Waals surface area contributed by atoms with E-state index in [-0.39, 0.29) is 31.0 Å². The van der Waals surface area contributed by atoms with Crippen molar-refractivity contribution < 1.29 is 31.0 Å². The van der Waals surface area contributed by atoms with Gasteiger partial charge in [0.15, 0.2) is 0 Å². The molecule has 0 N–H and O–H groups in total. The van der Waals surface area contributed by atoms with Crippen LogP contribution in [-0.2, 0) is 0 Å². The van der Waals surface area contributed by atoms with Crippen LogP contribution in [0.15, 0.2) is 0 Å². The minimum absolute atomic E-state index is 0. The van der Waals surface area contributed by atoms with Gasteiger partial charge in [-0.2, -0.15) is 0 Å². The summed E-state index contributed by atoms with van der Waals surface area (Å²) in [6.07, 6.45) is 0. The predicted molar refractivity (Wildman–Crippen MR) is 21.8 cm³/mol. The maximum Gasteiger partial charge on any atom is 1.00 e. The van der Waals surface area contributed by atoms with Gasteiger partial charge in [0.1, 0.15) is 0 Å². The minimum Gasteiger partial charge on any atom is -1.00 e. The Bertz CT molecular complexity index is 11.6. The Hall–Kier alpha value is 1.51. The quantitative estimate of drug-likeness (QED) is 0.223. The van der Waals surface area contributed by atoms with Crippen molar-refractivity contribution in [1.82, 2.24) is 0 Å². The third-order valence-corrected chi connectivity index (χ3v) is 0. The van der Waals surface area contributed by atoms with Gasteiger partial charge in [-0.05, 0) is 0 Å². The Morgan fingerprint density at radius 1 is 2.00 bits per heavy atom. The van der Waals surface area contributed by atoms with E-state index in [1.54, 1.807) is 0 Å². The van der Waals surface area contributed by atoms with E-state index >= 15 is 0 Å². The molecule has 3 heteroatoms. The monoisotopic (exact) mass is 104 g/mol. The number of rotatable bonds is 0. The molecular formula is CH6ClNaSi. The predicted octanol–water partition coefficient (Wildman–Crippen LogP) is -3.34. The fourth-order valence-corrected chi connectivity index (χ4v) is 0. The van der Waals surface area contributed by atoms with Crippen LogP contribution in [0.2, 0.25) is 0 Å². The van der Waals surface area contributed by atoms with E-state index in [1.165, 1.54) is 0 Å². The average Bonchev–Trinajstić information content (AvgIpc) is 0.918. The fraction of sp³-hybridized carbons (Fsp3) is 1.00.